The van der Waals surface area contributed by atoms with Gasteiger partial charge in [0.1, 0.15) is 19.1 Å². The first-order valence-corrected chi connectivity index (χ1v) is 37.0. The SMILES string of the molecule is CC=CCC=CCCCCCCC(=O)OC(COC(=O)CCCCCCC=CCC=CCCCC)COP(=O)([O-])OCC(O)COP(=O)([O-])COC(COC(=O)CCCCCCC=CCC=CC(C)CC)OC(=O)CCCCCCC=CCC=CCCCC.[Na+].[Na+]. The fraction of sp³-hybridized carbons (Fsp3) is 0.714. The van der Waals surface area contributed by atoms with Crippen LogP contribution in [0, 0.1) is 5.92 Å². The summed E-state index contributed by atoms with van der Waals surface area (Å²) in [6.45, 7) is 6.90. The average Bonchev–Trinajstić information content (AvgIpc) is 3.68. The van der Waals surface area contributed by atoms with Crippen LogP contribution in [0.3, 0.4) is 0 Å². The van der Waals surface area contributed by atoms with Gasteiger partial charge in [-0.15, -0.1) is 0 Å². The van der Waals surface area contributed by atoms with E-state index in [4.69, 9.17) is 37.3 Å². The summed E-state index contributed by atoms with van der Waals surface area (Å²) in [5, 5.41) is 10.5. The van der Waals surface area contributed by atoms with Crippen LogP contribution in [-0.4, -0.2) is 86.9 Å². The fourth-order valence-corrected chi connectivity index (χ4v) is 9.99. The van der Waals surface area contributed by atoms with E-state index in [0.29, 0.717) is 31.6 Å². The molecule has 0 aliphatic heterocycles. The summed E-state index contributed by atoms with van der Waals surface area (Å²) in [5.41, 5.74) is 0. The van der Waals surface area contributed by atoms with Crippen LogP contribution in [0.15, 0.2) is 97.2 Å². The van der Waals surface area contributed by atoms with Crippen LogP contribution in [0.2, 0.25) is 0 Å². The first kappa shape index (κ1) is 93.2. The third-order valence-corrected chi connectivity index (χ3v) is 15.9. The standard InChI is InChI=1S/C70H120O17P2.2Na/c1-6-10-13-16-19-22-25-27-29-34-38-43-48-53-66(72)80-59-65(86-68(74)55-50-45-40-33-24-21-18-15-12-8-3)60-85-89(78,79)84-58-64(71)57-83-88(76,77)62-82-70(87-69(75)56-51-46-41-35-30-28-26-23-20-17-14-11-7-2)61-81-67(73)54-49-44-39-36-31-32-37-42-47-52-63(5)9-4;;/h8,12,16-21,25-28,32,37,47,52,63-65,70-71H,6-7,9-11,13-15,22-24,29-31,33-36,38-46,48-51,53-62H2,1-5H3,(H,76,77)(H,78,79);;/q;2*+1/p-2. The van der Waals surface area contributed by atoms with Crippen LogP contribution in [0.5, 0.6) is 0 Å². The van der Waals surface area contributed by atoms with E-state index in [-0.39, 0.29) is 84.8 Å². The van der Waals surface area contributed by atoms with Crippen molar-refractivity contribution >= 4 is 39.3 Å². The Labute approximate surface area is 594 Å². The summed E-state index contributed by atoms with van der Waals surface area (Å²) in [4.78, 5) is 77.0. The van der Waals surface area contributed by atoms with Crippen molar-refractivity contribution in [3.8, 4) is 0 Å². The number of ether oxygens (including phenoxy) is 5. The van der Waals surface area contributed by atoms with Gasteiger partial charge in [0.25, 0.3) is 7.82 Å². The van der Waals surface area contributed by atoms with Crippen LogP contribution in [0.25, 0.3) is 0 Å². The smallest absolute Gasteiger partial charge is 0.777 e. The Morgan fingerprint density at radius 2 is 0.813 bits per heavy atom. The van der Waals surface area contributed by atoms with Crippen LogP contribution < -0.4 is 68.9 Å². The van der Waals surface area contributed by atoms with Crippen LogP contribution in [0.4, 0.5) is 0 Å². The van der Waals surface area contributed by atoms with Crippen molar-refractivity contribution in [1.29, 1.82) is 0 Å². The van der Waals surface area contributed by atoms with Gasteiger partial charge in [-0.2, -0.15) is 0 Å². The maximum absolute atomic E-state index is 13.0. The summed E-state index contributed by atoms with van der Waals surface area (Å²) in [5.74, 6) is -1.86. The zero-order valence-corrected chi connectivity index (χ0v) is 63.2. The number of hydrogen-bond acceptors (Lipinski definition) is 17. The Bertz CT molecular complexity index is 2110. The van der Waals surface area contributed by atoms with Crippen LogP contribution in [0.1, 0.15) is 259 Å². The van der Waals surface area contributed by atoms with E-state index in [2.05, 4.69) is 119 Å². The molecule has 91 heavy (non-hydrogen) atoms. The minimum atomic E-state index is -5.23. The Morgan fingerprint density at radius 3 is 1.25 bits per heavy atom. The van der Waals surface area contributed by atoms with Crippen LogP contribution >= 0.6 is 15.4 Å². The van der Waals surface area contributed by atoms with Gasteiger partial charge >= 0.3 is 83.0 Å². The van der Waals surface area contributed by atoms with E-state index in [1.807, 2.05) is 13.0 Å². The molecule has 0 rings (SSSR count). The van der Waals surface area contributed by atoms with Crippen molar-refractivity contribution in [1.82, 2.24) is 0 Å². The number of aliphatic hydroxyl groups is 1. The molecule has 21 heteroatoms. The predicted molar refractivity (Wildman–Crippen MR) is 353 cm³/mol. The predicted octanol–water partition coefficient (Wildman–Crippen LogP) is 11.1. The quantitative estimate of drug-likeness (QED) is 0.0113. The topological polar surface area (TPSA) is 243 Å². The van der Waals surface area contributed by atoms with Crippen molar-refractivity contribution in [2.45, 2.75) is 278 Å². The summed E-state index contributed by atoms with van der Waals surface area (Å²) >= 11 is 0. The first-order chi connectivity index (χ1) is 43.1. The molecule has 0 aromatic rings. The molecule has 6 unspecified atom stereocenters. The number of aliphatic hydroxyl groups excluding tert-OH is 1. The number of phosphoric acid groups is 1. The maximum Gasteiger partial charge on any atom is 1.00 e. The molecule has 6 atom stereocenters. The molecule has 17 nitrogen and oxygen atoms in total. The van der Waals surface area contributed by atoms with Gasteiger partial charge in [0.05, 0.1) is 19.8 Å². The van der Waals surface area contributed by atoms with E-state index in [0.717, 1.165) is 148 Å². The maximum atomic E-state index is 13.0. The molecule has 1 N–H and O–H groups in total. The number of carbonyl (C=O) groups excluding carboxylic acids is 4. The molecule has 0 saturated heterocycles. The third-order valence-electron chi connectivity index (χ3n) is 14.0. The van der Waals surface area contributed by atoms with E-state index in [1.54, 1.807) is 0 Å². The van der Waals surface area contributed by atoms with Crippen molar-refractivity contribution in [2.24, 2.45) is 5.92 Å². The number of unbranched alkanes of at least 4 members (excludes halogenated alkanes) is 20. The summed E-state index contributed by atoms with van der Waals surface area (Å²) in [6, 6.07) is 0. The molecular weight excluding hydrogens is 1220 g/mol. The monoisotopic (exact) mass is 1340 g/mol. The molecule has 0 aromatic heterocycles. The normalized spacial score (nSPS) is 14.8. The van der Waals surface area contributed by atoms with Crippen LogP contribution in [-0.2, 0) is 65.6 Å². The largest absolute Gasteiger partial charge is 1.00 e. The van der Waals surface area contributed by atoms with E-state index < -0.39 is 97.2 Å². The van der Waals surface area contributed by atoms with E-state index in [1.165, 1.54) is 25.7 Å². The average molecular weight is 1340 g/mol. The van der Waals surface area contributed by atoms with Crippen molar-refractivity contribution in [2.75, 3.05) is 39.4 Å². The second-order valence-corrected chi connectivity index (χ2v) is 25.7. The molecule has 0 amide bonds. The Morgan fingerprint density at radius 1 is 0.440 bits per heavy atom. The second-order valence-electron chi connectivity index (χ2n) is 22.5. The number of allylic oxidation sites excluding steroid dienone is 16. The van der Waals surface area contributed by atoms with E-state index >= 15 is 0 Å². The molecule has 0 aliphatic carbocycles. The number of hydrogen-bond donors (Lipinski definition) is 1. The molecule has 0 aliphatic rings. The Kier molecular flexibility index (Phi) is 69.6. The van der Waals surface area contributed by atoms with Crippen molar-refractivity contribution in [3.05, 3.63) is 97.2 Å². The molecular formula is C70H118Na2O17P2. The van der Waals surface area contributed by atoms with E-state index in [9.17, 15) is 43.2 Å². The molecule has 512 valence electrons. The minimum absolute atomic E-state index is 0. The number of esters is 4. The summed E-state index contributed by atoms with van der Waals surface area (Å²) in [6.07, 6.45) is 57.1. The molecule has 0 heterocycles. The second kappa shape index (κ2) is 67.9. The van der Waals surface area contributed by atoms with Gasteiger partial charge in [-0.1, -0.05) is 208 Å². The van der Waals surface area contributed by atoms with Gasteiger partial charge in [0.15, 0.2) is 20.3 Å². The van der Waals surface area contributed by atoms with Gasteiger partial charge in [0.2, 0.25) is 6.29 Å². The molecule has 0 fully saturated rings. The zero-order chi connectivity index (χ0) is 65.6. The van der Waals surface area contributed by atoms with Gasteiger partial charge in [0, 0.05) is 25.7 Å². The summed E-state index contributed by atoms with van der Waals surface area (Å²) < 4.78 is 67.6. The molecule has 0 radical (unpaired) electrons. The molecule has 0 saturated carbocycles. The van der Waals surface area contributed by atoms with Gasteiger partial charge < -0.3 is 56.7 Å². The molecule has 0 spiro atoms. The fourth-order valence-electron chi connectivity index (χ4n) is 8.39. The van der Waals surface area contributed by atoms with Gasteiger partial charge in [-0.3, -0.25) is 23.7 Å². The number of phosphoric ester groups is 1. The Balaban J connectivity index is -0.0000387. The Hall–Kier alpha value is -2.02. The van der Waals surface area contributed by atoms with Crippen molar-refractivity contribution in [3.63, 3.8) is 0 Å². The van der Waals surface area contributed by atoms with Gasteiger partial charge in [-0.05, 0) is 128 Å². The first-order valence-electron chi connectivity index (χ1n) is 33.8. The summed E-state index contributed by atoms with van der Waals surface area (Å²) in [7, 11) is -10.2. The minimum Gasteiger partial charge on any atom is -0.777 e. The molecule has 0 bridgehead atoms. The molecule has 0 aromatic carbocycles. The number of carbonyl (C=O) groups is 4. The van der Waals surface area contributed by atoms with Gasteiger partial charge in [-0.25, -0.2) is 0 Å². The zero-order valence-electron chi connectivity index (χ0n) is 57.4. The third kappa shape index (κ3) is 67.7. The van der Waals surface area contributed by atoms with Crippen molar-refractivity contribution < 1.29 is 140 Å². The number of rotatable bonds is 62.